The van der Waals surface area contributed by atoms with Crippen molar-refractivity contribution >= 4 is 11.9 Å². The molecule has 0 spiro atoms. The summed E-state index contributed by atoms with van der Waals surface area (Å²) < 4.78 is 2.18. The smallest absolute Gasteiger partial charge is 0.244 e. The molecule has 1 aromatic heterocycles. The van der Waals surface area contributed by atoms with Crippen LogP contribution in [0.25, 0.3) is 0 Å². The maximum atomic E-state index is 12.8. The lowest BCUT2D eigenvalue weighted by atomic mass is 9.93. The maximum absolute atomic E-state index is 12.8. The molecule has 0 radical (unpaired) electrons. The third-order valence-corrected chi connectivity index (χ3v) is 5.78. The summed E-state index contributed by atoms with van der Waals surface area (Å²) in [6.07, 6.45) is 6.83. The summed E-state index contributed by atoms with van der Waals surface area (Å²) in [5.74, 6) is 1.44. The number of nitrogens with zero attached hydrogens (tertiary/aromatic N) is 5. The van der Waals surface area contributed by atoms with Crippen LogP contribution in [0.2, 0.25) is 0 Å². The molecule has 1 aliphatic rings. The van der Waals surface area contributed by atoms with Crippen LogP contribution in [0.15, 0.2) is 54.0 Å². The maximum Gasteiger partial charge on any atom is 0.244 e. The second-order valence-electron chi connectivity index (χ2n) is 7.85. The van der Waals surface area contributed by atoms with Crippen molar-refractivity contribution in [3.63, 3.8) is 0 Å². The van der Waals surface area contributed by atoms with E-state index in [0.29, 0.717) is 25.0 Å². The summed E-state index contributed by atoms with van der Waals surface area (Å²) in [6, 6.07) is 10.5. The molecule has 1 saturated heterocycles. The Hall–Kier alpha value is -2.83. The van der Waals surface area contributed by atoms with E-state index >= 15 is 0 Å². The van der Waals surface area contributed by atoms with Crippen molar-refractivity contribution < 1.29 is 4.79 Å². The van der Waals surface area contributed by atoms with E-state index in [4.69, 9.17) is 4.99 Å². The second kappa shape index (κ2) is 10.8. The van der Waals surface area contributed by atoms with Crippen LogP contribution in [0.5, 0.6) is 0 Å². The molecule has 1 amide bonds. The van der Waals surface area contributed by atoms with Crippen LogP contribution in [0.4, 0.5) is 0 Å². The summed E-state index contributed by atoms with van der Waals surface area (Å²) in [5, 5.41) is 3.38. The van der Waals surface area contributed by atoms with Crippen molar-refractivity contribution in [2.24, 2.45) is 10.9 Å². The largest absolute Gasteiger partial charge is 0.357 e. The number of imidazole rings is 1. The first-order valence-electron chi connectivity index (χ1n) is 10.9. The second-order valence-corrected chi connectivity index (χ2v) is 7.85. The lowest BCUT2D eigenvalue weighted by molar-refractivity contribution is -0.130. The highest BCUT2D eigenvalue weighted by atomic mass is 16.2. The minimum atomic E-state index is 0.0493. The van der Waals surface area contributed by atoms with E-state index in [0.717, 1.165) is 37.6 Å². The Morgan fingerprint density at radius 1 is 1.30 bits per heavy atom. The zero-order chi connectivity index (χ0) is 21.3. The number of nitrogens with one attached hydrogen (secondary N) is 1. The van der Waals surface area contributed by atoms with Gasteiger partial charge in [-0.3, -0.25) is 4.79 Å². The normalized spacial score (nSPS) is 19.6. The Morgan fingerprint density at radius 3 is 2.77 bits per heavy atom. The molecule has 0 bridgehead atoms. The average molecular weight is 411 g/mol. The number of carbonyl (C=O) groups excluding carboxylic acids is 1. The lowest BCUT2D eigenvalue weighted by Gasteiger charge is -2.39. The van der Waals surface area contributed by atoms with Gasteiger partial charge in [0.05, 0.1) is 12.4 Å². The Bertz CT molecular complexity index is 804. The number of likely N-dealkylation sites (N-methyl/N-ethyl adjacent to an activating group) is 1. The molecule has 30 heavy (non-hydrogen) atoms. The zero-order valence-electron chi connectivity index (χ0n) is 18.4. The number of aliphatic imine (C=N–C) groups is 1. The van der Waals surface area contributed by atoms with Gasteiger partial charge in [-0.2, -0.15) is 0 Å². The van der Waals surface area contributed by atoms with Crippen LogP contribution < -0.4 is 5.32 Å². The molecule has 2 atom stereocenters. The molecule has 2 heterocycles. The van der Waals surface area contributed by atoms with Gasteiger partial charge in [-0.1, -0.05) is 37.3 Å². The first-order valence-corrected chi connectivity index (χ1v) is 10.9. The van der Waals surface area contributed by atoms with Crippen molar-refractivity contribution in [2.45, 2.75) is 39.8 Å². The van der Waals surface area contributed by atoms with E-state index in [1.54, 1.807) is 0 Å². The van der Waals surface area contributed by atoms with Crippen LogP contribution in [-0.4, -0.2) is 63.9 Å². The van der Waals surface area contributed by atoms with Crippen LogP contribution in [0.1, 0.15) is 38.8 Å². The lowest BCUT2D eigenvalue weighted by Crippen LogP contribution is -2.49. The van der Waals surface area contributed by atoms with Gasteiger partial charge in [-0.05, 0) is 31.7 Å². The van der Waals surface area contributed by atoms with E-state index in [2.05, 4.69) is 45.7 Å². The SMILES string of the molecule is CCNC(=NCC(=O)N(CC)Cc1ccccc1)N1CCC(C)C(n2ccnc2)C1. The number of likely N-dealkylation sites (tertiary alicyclic amines) is 1. The summed E-state index contributed by atoms with van der Waals surface area (Å²) in [4.78, 5) is 25.9. The van der Waals surface area contributed by atoms with Crippen molar-refractivity contribution in [3.8, 4) is 0 Å². The van der Waals surface area contributed by atoms with E-state index in [1.807, 2.05) is 48.7 Å². The molecule has 1 aliphatic heterocycles. The first-order chi connectivity index (χ1) is 14.6. The number of amides is 1. The van der Waals surface area contributed by atoms with Crippen LogP contribution >= 0.6 is 0 Å². The van der Waals surface area contributed by atoms with E-state index in [9.17, 15) is 4.79 Å². The number of carbonyl (C=O) groups is 1. The predicted molar refractivity (Wildman–Crippen MR) is 120 cm³/mol. The van der Waals surface area contributed by atoms with E-state index < -0.39 is 0 Å². The van der Waals surface area contributed by atoms with Crippen molar-refractivity contribution in [1.82, 2.24) is 24.7 Å². The monoisotopic (exact) mass is 410 g/mol. The molecular weight excluding hydrogens is 376 g/mol. The van der Waals surface area contributed by atoms with Crippen molar-refractivity contribution in [1.29, 1.82) is 0 Å². The number of guanidine groups is 1. The van der Waals surface area contributed by atoms with Gasteiger partial charge >= 0.3 is 0 Å². The predicted octanol–water partition coefficient (Wildman–Crippen LogP) is 2.78. The van der Waals surface area contributed by atoms with Crippen LogP contribution in [-0.2, 0) is 11.3 Å². The van der Waals surface area contributed by atoms with Crippen molar-refractivity contribution in [2.75, 3.05) is 32.7 Å². The molecule has 7 nitrogen and oxygen atoms in total. The molecule has 162 valence electrons. The standard InChI is InChI=1S/C23H34N6O/c1-4-25-23(28-13-11-19(3)21(17-28)29-14-12-24-18-29)26-15-22(30)27(5-2)16-20-9-7-6-8-10-20/h6-10,12,14,18-19,21H,4-5,11,13,15-17H2,1-3H3,(H,25,26). The number of hydrogen-bond donors (Lipinski definition) is 1. The summed E-state index contributed by atoms with van der Waals surface area (Å²) in [6.45, 7) is 10.4. The van der Waals surface area contributed by atoms with Gasteiger partial charge in [0.1, 0.15) is 6.54 Å². The number of piperidine rings is 1. The van der Waals surface area contributed by atoms with E-state index in [-0.39, 0.29) is 12.5 Å². The van der Waals surface area contributed by atoms with Gasteiger partial charge in [0.25, 0.3) is 0 Å². The Balaban J connectivity index is 1.66. The number of aromatic nitrogens is 2. The average Bonchev–Trinajstić information content (AvgIpc) is 3.30. The minimum Gasteiger partial charge on any atom is -0.357 e. The van der Waals surface area contributed by atoms with Crippen LogP contribution in [0.3, 0.4) is 0 Å². The summed E-state index contributed by atoms with van der Waals surface area (Å²) >= 11 is 0. The highest BCUT2D eigenvalue weighted by Gasteiger charge is 2.29. The summed E-state index contributed by atoms with van der Waals surface area (Å²) in [7, 11) is 0. The molecule has 0 aliphatic carbocycles. The molecule has 0 saturated carbocycles. The quantitative estimate of drug-likeness (QED) is 0.563. The first kappa shape index (κ1) is 21.9. The fraction of sp³-hybridized carbons (Fsp3) is 0.522. The van der Waals surface area contributed by atoms with Gasteiger partial charge in [0.2, 0.25) is 5.91 Å². The fourth-order valence-electron chi connectivity index (χ4n) is 3.94. The highest BCUT2D eigenvalue weighted by Crippen LogP contribution is 2.27. The van der Waals surface area contributed by atoms with Crippen LogP contribution in [0, 0.1) is 5.92 Å². The van der Waals surface area contributed by atoms with Gasteiger partial charge < -0.3 is 19.7 Å². The van der Waals surface area contributed by atoms with Gasteiger partial charge in [-0.25, -0.2) is 9.98 Å². The Kier molecular flexibility index (Phi) is 7.88. The van der Waals surface area contributed by atoms with Gasteiger partial charge in [0.15, 0.2) is 5.96 Å². The third kappa shape index (κ3) is 5.62. The zero-order valence-corrected chi connectivity index (χ0v) is 18.4. The summed E-state index contributed by atoms with van der Waals surface area (Å²) in [5.41, 5.74) is 1.14. The number of rotatable bonds is 7. The Morgan fingerprint density at radius 2 is 2.10 bits per heavy atom. The molecule has 1 aromatic carbocycles. The van der Waals surface area contributed by atoms with Gasteiger partial charge in [0, 0.05) is 45.1 Å². The van der Waals surface area contributed by atoms with E-state index in [1.165, 1.54) is 0 Å². The van der Waals surface area contributed by atoms with Gasteiger partial charge in [-0.15, -0.1) is 0 Å². The fourth-order valence-corrected chi connectivity index (χ4v) is 3.94. The molecule has 3 rings (SSSR count). The third-order valence-electron chi connectivity index (χ3n) is 5.78. The molecule has 1 N–H and O–H groups in total. The minimum absolute atomic E-state index is 0.0493. The number of hydrogen-bond acceptors (Lipinski definition) is 3. The number of benzene rings is 1. The molecule has 2 aromatic rings. The topological polar surface area (TPSA) is 65.8 Å². The molecule has 7 heteroatoms. The van der Waals surface area contributed by atoms with Crippen molar-refractivity contribution in [3.05, 3.63) is 54.6 Å². The molecule has 1 fully saturated rings. The Labute approximate surface area is 179 Å². The highest BCUT2D eigenvalue weighted by molar-refractivity contribution is 5.85. The molecular formula is C23H34N6O. The molecule has 2 unspecified atom stereocenters.